The van der Waals surface area contributed by atoms with Crippen LogP contribution in [0.5, 0.6) is 0 Å². The summed E-state index contributed by atoms with van der Waals surface area (Å²) in [6.45, 7) is 5.85. The van der Waals surface area contributed by atoms with Crippen molar-refractivity contribution in [1.82, 2.24) is 5.32 Å². The highest BCUT2D eigenvalue weighted by Crippen LogP contribution is 2.28. The van der Waals surface area contributed by atoms with Crippen LogP contribution in [-0.4, -0.2) is 32.0 Å². The Morgan fingerprint density at radius 2 is 1.39 bits per heavy atom. The Hall–Kier alpha value is -2.17. The number of ether oxygens (including phenoxy) is 2. The van der Waals surface area contributed by atoms with Gasteiger partial charge in [-0.3, -0.25) is 4.79 Å². The maximum atomic E-state index is 12.3. The molecule has 152 valence electrons. The summed E-state index contributed by atoms with van der Waals surface area (Å²) in [5.74, 6) is 0.328. The summed E-state index contributed by atoms with van der Waals surface area (Å²) in [6, 6.07) is 20.8. The van der Waals surface area contributed by atoms with E-state index in [2.05, 4.69) is 53.8 Å². The van der Waals surface area contributed by atoms with E-state index in [0.29, 0.717) is 26.2 Å². The maximum absolute atomic E-state index is 12.3. The zero-order chi connectivity index (χ0) is 20.0. The SMILES string of the molecule is CCOC(CCCNC(=O)CCC(c1ccccc1)c1ccccc1)OCC. The molecule has 0 unspecified atom stereocenters. The molecule has 0 aliphatic heterocycles. The van der Waals surface area contributed by atoms with Crippen LogP contribution < -0.4 is 5.32 Å². The van der Waals surface area contributed by atoms with Crippen molar-refractivity contribution in [3.8, 4) is 0 Å². The normalized spacial score (nSPS) is 11.1. The monoisotopic (exact) mass is 383 g/mol. The molecule has 0 bridgehead atoms. The van der Waals surface area contributed by atoms with E-state index in [4.69, 9.17) is 9.47 Å². The van der Waals surface area contributed by atoms with Crippen LogP contribution in [0.2, 0.25) is 0 Å². The van der Waals surface area contributed by atoms with E-state index >= 15 is 0 Å². The summed E-state index contributed by atoms with van der Waals surface area (Å²) in [5, 5.41) is 3.03. The Bertz CT molecular complexity index is 615. The first kappa shape index (κ1) is 22.1. The zero-order valence-corrected chi connectivity index (χ0v) is 17.1. The van der Waals surface area contributed by atoms with Gasteiger partial charge in [-0.15, -0.1) is 0 Å². The van der Waals surface area contributed by atoms with Crippen LogP contribution in [0.25, 0.3) is 0 Å². The smallest absolute Gasteiger partial charge is 0.220 e. The van der Waals surface area contributed by atoms with Crippen molar-refractivity contribution in [3.05, 3.63) is 71.8 Å². The van der Waals surface area contributed by atoms with Crippen LogP contribution in [0.3, 0.4) is 0 Å². The summed E-state index contributed by atoms with van der Waals surface area (Å²) in [7, 11) is 0. The second-order valence-electron chi connectivity index (χ2n) is 6.75. The molecular weight excluding hydrogens is 350 g/mol. The Kier molecular flexibility index (Phi) is 10.3. The van der Waals surface area contributed by atoms with E-state index in [1.807, 2.05) is 26.0 Å². The van der Waals surface area contributed by atoms with Gasteiger partial charge in [0.05, 0.1) is 0 Å². The first-order chi connectivity index (χ1) is 13.7. The predicted octanol–water partition coefficient (Wildman–Crippen LogP) is 4.89. The summed E-state index contributed by atoms with van der Waals surface area (Å²) in [4.78, 5) is 12.3. The number of nitrogens with one attached hydrogen (secondary N) is 1. The second-order valence-corrected chi connectivity index (χ2v) is 6.75. The predicted molar refractivity (Wildman–Crippen MR) is 113 cm³/mol. The second kappa shape index (κ2) is 13.1. The van der Waals surface area contributed by atoms with Crippen LogP contribution in [0, 0.1) is 0 Å². The third-order valence-corrected chi connectivity index (χ3v) is 4.71. The van der Waals surface area contributed by atoms with Gasteiger partial charge in [-0.1, -0.05) is 60.7 Å². The number of benzene rings is 2. The topological polar surface area (TPSA) is 47.6 Å². The van der Waals surface area contributed by atoms with E-state index < -0.39 is 0 Å². The van der Waals surface area contributed by atoms with Crippen molar-refractivity contribution in [1.29, 1.82) is 0 Å². The Labute approximate surface area is 169 Å². The van der Waals surface area contributed by atoms with Gasteiger partial charge in [0.1, 0.15) is 0 Å². The first-order valence-electron chi connectivity index (χ1n) is 10.3. The molecule has 2 aromatic carbocycles. The number of carbonyl (C=O) groups is 1. The molecule has 0 saturated heterocycles. The quantitative estimate of drug-likeness (QED) is 0.395. The minimum Gasteiger partial charge on any atom is -0.356 e. The maximum Gasteiger partial charge on any atom is 0.220 e. The molecular formula is C24H33NO3. The van der Waals surface area contributed by atoms with Crippen molar-refractivity contribution < 1.29 is 14.3 Å². The van der Waals surface area contributed by atoms with Gasteiger partial charge in [-0.05, 0) is 37.8 Å². The molecule has 0 saturated carbocycles. The van der Waals surface area contributed by atoms with E-state index in [9.17, 15) is 4.79 Å². The van der Waals surface area contributed by atoms with Gasteiger partial charge < -0.3 is 14.8 Å². The molecule has 2 aromatic rings. The largest absolute Gasteiger partial charge is 0.356 e. The average molecular weight is 384 g/mol. The van der Waals surface area contributed by atoms with Crippen molar-refractivity contribution in [2.24, 2.45) is 0 Å². The summed E-state index contributed by atoms with van der Waals surface area (Å²) >= 11 is 0. The van der Waals surface area contributed by atoms with E-state index in [0.717, 1.165) is 19.3 Å². The third kappa shape index (κ3) is 7.83. The van der Waals surface area contributed by atoms with Gasteiger partial charge in [-0.2, -0.15) is 0 Å². The molecule has 1 amide bonds. The average Bonchev–Trinajstić information content (AvgIpc) is 2.73. The molecule has 0 aromatic heterocycles. The van der Waals surface area contributed by atoms with Crippen LogP contribution in [0.1, 0.15) is 56.6 Å². The molecule has 0 spiro atoms. The number of amides is 1. The van der Waals surface area contributed by atoms with Crippen molar-refractivity contribution in [3.63, 3.8) is 0 Å². The number of hydrogen-bond acceptors (Lipinski definition) is 3. The lowest BCUT2D eigenvalue weighted by molar-refractivity contribution is -0.140. The molecule has 0 fully saturated rings. The molecule has 0 aliphatic carbocycles. The molecule has 0 aliphatic rings. The molecule has 0 atom stereocenters. The van der Waals surface area contributed by atoms with Crippen LogP contribution >= 0.6 is 0 Å². The molecule has 1 N–H and O–H groups in total. The lowest BCUT2D eigenvalue weighted by Gasteiger charge is -2.18. The zero-order valence-electron chi connectivity index (χ0n) is 17.1. The molecule has 28 heavy (non-hydrogen) atoms. The van der Waals surface area contributed by atoms with Crippen molar-refractivity contribution >= 4 is 5.91 Å². The highest BCUT2D eigenvalue weighted by Gasteiger charge is 2.15. The highest BCUT2D eigenvalue weighted by molar-refractivity contribution is 5.75. The molecule has 0 heterocycles. The van der Waals surface area contributed by atoms with Gasteiger partial charge in [-0.25, -0.2) is 0 Å². The van der Waals surface area contributed by atoms with Crippen LogP contribution in [0.15, 0.2) is 60.7 Å². The van der Waals surface area contributed by atoms with Crippen LogP contribution in [0.4, 0.5) is 0 Å². The molecule has 4 heteroatoms. The summed E-state index contributed by atoms with van der Waals surface area (Å²) in [5.41, 5.74) is 2.50. The van der Waals surface area contributed by atoms with Gasteiger partial charge >= 0.3 is 0 Å². The fourth-order valence-electron chi connectivity index (χ4n) is 3.34. The van der Waals surface area contributed by atoms with Gasteiger partial charge in [0, 0.05) is 38.5 Å². The van der Waals surface area contributed by atoms with Crippen molar-refractivity contribution in [2.75, 3.05) is 19.8 Å². The molecule has 4 nitrogen and oxygen atoms in total. The summed E-state index contributed by atoms with van der Waals surface area (Å²) < 4.78 is 11.1. The van der Waals surface area contributed by atoms with Crippen LogP contribution in [-0.2, 0) is 14.3 Å². The minimum absolute atomic E-state index is 0.0984. The Morgan fingerprint density at radius 3 is 1.89 bits per heavy atom. The first-order valence-corrected chi connectivity index (χ1v) is 10.3. The summed E-state index contributed by atoms with van der Waals surface area (Å²) in [6.07, 6.45) is 2.76. The molecule has 2 rings (SSSR count). The number of carbonyl (C=O) groups excluding carboxylic acids is 1. The standard InChI is InChI=1S/C24H33NO3/c1-3-27-24(28-4-2)16-11-19-25-23(26)18-17-22(20-12-7-5-8-13-20)21-14-9-6-10-15-21/h5-10,12-15,22,24H,3-4,11,16-19H2,1-2H3,(H,25,26). The number of hydrogen-bond donors (Lipinski definition) is 1. The fraction of sp³-hybridized carbons (Fsp3) is 0.458. The number of rotatable bonds is 13. The van der Waals surface area contributed by atoms with E-state index in [-0.39, 0.29) is 18.1 Å². The van der Waals surface area contributed by atoms with E-state index in [1.165, 1.54) is 11.1 Å². The fourth-order valence-corrected chi connectivity index (χ4v) is 3.34. The lowest BCUT2D eigenvalue weighted by Crippen LogP contribution is -2.26. The lowest BCUT2D eigenvalue weighted by atomic mass is 9.87. The van der Waals surface area contributed by atoms with E-state index in [1.54, 1.807) is 0 Å². The van der Waals surface area contributed by atoms with Crippen molar-refractivity contribution in [2.45, 2.75) is 51.7 Å². The minimum atomic E-state index is -0.174. The Balaban J connectivity index is 1.80. The van der Waals surface area contributed by atoms with Gasteiger partial charge in [0.15, 0.2) is 6.29 Å². The highest BCUT2D eigenvalue weighted by atomic mass is 16.7. The Morgan fingerprint density at radius 1 is 0.857 bits per heavy atom. The third-order valence-electron chi connectivity index (χ3n) is 4.71. The van der Waals surface area contributed by atoms with Gasteiger partial charge in [0.2, 0.25) is 5.91 Å². The van der Waals surface area contributed by atoms with Gasteiger partial charge in [0.25, 0.3) is 0 Å². The molecule has 0 radical (unpaired) electrons.